The van der Waals surface area contributed by atoms with Crippen LogP contribution >= 0.6 is 23.2 Å². The van der Waals surface area contributed by atoms with Gasteiger partial charge in [0.15, 0.2) is 0 Å². The Morgan fingerprint density at radius 3 is 2.28 bits per heavy atom. The third kappa shape index (κ3) is 3.04. The van der Waals surface area contributed by atoms with Gasteiger partial charge in [-0.1, -0.05) is 23.2 Å². The van der Waals surface area contributed by atoms with E-state index in [4.69, 9.17) is 39.5 Å². The van der Waals surface area contributed by atoms with Gasteiger partial charge < -0.3 is 10.6 Å². The lowest BCUT2D eigenvalue weighted by molar-refractivity contribution is 0.0795. The van der Waals surface area contributed by atoms with E-state index in [1.54, 1.807) is 0 Å². The Kier molecular flexibility index (Phi) is 4.79. The molecule has 1 amide bonds. The molecule has 0 bridgehead atoms. The van der Waals surface area contributed by atoms with Gasteiger partial charge in [-0.05, 0) is 12.1 Å². The van der Waals surface area contributed by atoms with Crippen LogP contribution in [0.15, 0.2) is 12.1 Å². The first kappa shape index (κ1) is 14.1. The minimum absolute atomic E-state index is 0.147. The molecule has 1 rings (SSSR count). The first-order chi connectivity index (χ1) is 8.51. The molecule has 0 aliphatic carbocycles. The Morgan fingerprint density at radius 2 is 1.83 bits per heavy atom. The van der Waals surface area contributed by atoms with Crippen LogP contribution < -0.4 is 5.73 Å². The summed E-state index contributed by atoms with van der Waals surface area (Å²) in [4.78, 5) is 13.1. The predicted molar refractivity (Wildman–Crippen MR) is 68.0 cm³/mol. The standard InChI is InChI=1S/C11H8Cl2N4O/c12-8-5-7(6-9(16)10(8)13)11(18)17(3-1-14)4-2-15/h5-6H,3-4,16H2. The zero-order valence-corrected chi connectivity index (χ0v) is 10.7. The average Bonchev–Trinajstić information content (AvgIpc) is 2.34. The second-order valence-electron chi connectivity index (χ2n) is 3.34. The number of nitrogens with zero attached hydrogens (tertiary/aromatic N) is 3. The fourth-order valence-corrected chi connectivity index (χ4v) is 1.62. The summed E-state index contributed by atoms with van der Waals surface area (Å²) in [5.74, 6) is -0.497. The molecule has 0 aliphatic rings. The van der Waals surface area contributed by atoms with Crippen molar-refractivity contribution in [2.75, 3.05) is 18.8 Å². The normalized spacial score (nSPS) is 9.33. The van der Waals surface area contributed by atoms with E-state index in [0.717, 1.165) is 4.90 Å². The van der Waals surface area contributed by atoms with Crippen LogP contribution in [0.25, 0.3) is 0 Å². The minimum atomic E-state index is -0.497. The van der Waals surface area contributed by atoms with Gasteiger partial charge in [0, 0.05) is 5.56 Å². The molecule has 18 heavy (non-hydrogen) atoms. The van der Waals surface area contributed by atoms with Crippen LogP contribution in [-0.4, -0.2) is 23.9 Å². The molecule has 0 atom stereocenters. The maximum Gasteiger partial charge on any atom is 0.255 e. The number of rotatable bonds is 3. The number of nitriles is 2. The summed E-state index contributed by atoms with van der Waals surface area (Å²) in [6.07, 6.45) is 0. The van der Waals surface area contributed by atoms with Gasteiger partial charge in [-0.15, -0.1) is 0 Å². The fraction of sp³-hybridized carbons (Fsp3) is 0.182. The van der Waals surface area contributed by atoms with E-state index >= 15 is 0 Å². The van der Waals surface area contributed by atoms with Gasteiger partial charge in [-0.3, -0.25) is 4.79 Å². The van der Waals surface area contributed by atoms with Gasteiger partial charge in [0.05, 0.1) is 27.9 Å². The van der Waals surface area contributed by atoms with Crippen LogP contribution in [-0.2, 0) is 0 Å². The number of amides is 1. The third-order valence-electron chi connectivity index (χ3n) is 2.11. The summed E-state index contributed by atoms with van der Waals surface area (Å²) in [6.45, 7) is -0.376. The molecule has 1 aromatic rings. The first-order valence-corrected chi connectivity index (χ1v) is 5.54. The van der Waals surface area contributed by atoms with Crippen molar-refractivity contribution >= 4 is 34.8 Å². The number of carbonyl (C=O) groups excluding carboxylic acids is 1. The Balaban J connectivity index is 3.10. The molecule has 2 N–H and O–H groups in total. The van der Waals surface area contributed by atoms with E-state index in [0.29, 0.717) is 0 Å². The quantitative estimate of drug-likeness (QED) is 0.678. The van der Waals surface area contributed by atoms with E-state index in [9.17, 15) is 4.79 Å². The van der Waals surface area contributed by atoms with Crippen molar-refractivity contribution in [2.45, 2.75) is 0 Å². The summed E-state index contributed by atoms with van der Waals surface area (Å²) in [5, 5.41) is 17.5. The van der Waals surface area contributed by atoms with E-state index in [1.807, 2.05) is 12.1 Å². The maximum absolute atomic E-state index is 12.0. The molecule has 5 nitrogen and oxygen atoms in total. The molecule has 0 fully saturated rings. The number of nitrogen functional groups attached to an aromatic ring is 1. The zero-order valence-electron chi connectivity index (χ0n) is 9.15. The second kappa shape index (κ2) is 6.11. The maximum atomic E-state index is 12.0. The second-order valence-corrected chi connectivity index (χ2v) is 4.12. The smallest absolute Gasteiger partial charge is 0.255 e. The van der Waals surface area contributed by atoms with Crippen LogP contribution in [0.5, 0.6) is 0 Å². The molecule has 7 heteroatoms. The summed E-state index contributed by atoms with van der Waals surface area (Å²) in [6, 6.07) is 6.33. The predicted octanol–water partition coefficient (Wildman–Crippen LogP) is 2.06. The number of benzene rings is 1. The van der Waals surface area contributed by atoms with E-state index in [1.165, 1.54) is 12.1 Å². The molecule has 92 valence electrons. The highest BCUT2D eigenvalue weighted by Crippen LogP contribution is 2.29. The van der Waals surface area contributed by atoms with Gasteiger partial charge in [-0.2, -0.15) is 10.5 Å². The van der Waals surface area contributed by atoms with Crippen molar-refractivity contribution in [3.8, 4) is 12.1 Å². The molecule has 0 aromatic heterocycles. The van der Waals surface area contributed by atoms with Crippen LogP contribution in [0.3, 0.4) is 0 Å². The Labute approximate surface area is 114 Å². The highest BCUT2D eigenvalue weighted by molar-refractivity contribution is 6.43. The summed E-state index contributed by atoms with van der Waals surface area (Å²) >= 11 is 11.6. The summed E-state index contributed by atoms with van der Waals surface area (Å²) < 4.78 is 0. The monoisotopic (exact) mass is 282 g/mol. The average molecular weight is 283 g/mol. The lowest BCUT2D eigenvalue weighted by atomic mass is 10.1. The van der Waals surface area contributed by atoms with Gasteiger partial charge in [-0.25, -0.2) is 0 Å². The van der Waals surface area contributed by atoms with Crippen molar-refractivity contribution in [2.24, 2.45) is 0 Å². The zero-order chi connectivity index (χ0) is 13.7. The SMILES string of the molecule is N#CCN(CC#N)C(=O)c1cc(N)c(Cl)c(Cl)c1. The topological polar surface area (TPSA) is 93.9 Å². The molecule has 1 aromatic carbocycles. The number of nitrogens with two attached hydrogens (primary N) is 1. The molecule has 0 aliphatic heterocycles. The fourth-order valence-electron chi connectivity index (χ4n) is 1.29. The van der Waals surface area contributed by atoms with Crippen LogP contribution in [0.2, 0.25) is 10.0 Å². The largest absolute Gasteiger partial charge is 0.397 e. The molecular formula is C11H8Cl2N4O. The molecular weight excluding hydrogens is 275 g/mol. The number of halogens is 2. The molecule has 0 saturated carbocycles. The number of hydrogen-bond acceptors (Lipinski definition) is 4. The van der Waals surface area contributed by atoms with E-state index in [-0.39, 0.29) is 34.4 Å². The van der Waals surface area contributed by atoms with Gasteiger partial charge in [0.25, 0.3) is 5.91 Å². The molecule has 0 radical (unpaired) electrons. The van der Waals surface area contributed by atoms with Gasteiger partial charge in [0.1, 0.15) is 13.1 Å². The minimum Gasteiger partial charge on any atom is -0.397 e. The number of anilines is 1. The Hall–Kier alpha value is -1.95. The summed E-state index contributed by atoms with van der Waals surface area (Å²) in [5.41, 5.74) is 5.95. The summed E-state index contributed by atoms with van der Waals surface area (Å²) in [7, 11) is 0. The van der Waals surface area contributed by atoms with Crippen molar-refractivity contribution < 1.29 is 4.79 Å². The van der Waals surface area contributed by atoms with E-state index < -0.39 is 5.91 Å². The lowest BCUT2D eigenvalue weighted by Crippen LogP contribution is -2.31. The Bertz CT molecular complexity index is 520. The Morgan fingerprint density at radius 1 is 1.28 bits per heavy atom. The van der Waals surface area contributed by atoms with Crippen molar-refractivity contribution in [3.05, 3.63) is 27.7 Å². The number of carbonyl (C=O) groups is 1. The van der Waals surface area contributed by atoms with Crippen LogP contribution in [0, 0.1) is 22.7 Å². The molecule has 0 unspecified atom stereocenters. The highest BCUT2D eigenvalue weighted by atomic mass is 35.5. The first-order valence-electron chi connectivity index (χ1n) is 4.79. The lowest BCUT2D eigenvalue weighted by Gasteiger charge is -2.16. The van der Waals surface area contributed by atoms with Crippen LogP contribution in [0.4, 0.5) is 5.69 Å². The highest BCUT2D eigenvalue weighted by Gasteiger charge is 2.17. The van der Waals surface area contributed by atoms with E-state index in [2.05, 4.69) is 0 Å². The van der Waals surface area contributed by atoms with Crippen LogP contribution in [0.1, 0.15) is 10.4 Å². The number of hydrogen-bond donors (Lipinski definition) is 1. The van der Waals surface area contributed by atoms with Crippen molar-refractivity contribution in [1.82, 2.24) is 4.90 Å². The van der Waals surface area contributed by atoms with Gasteiger partial charge in [0.2, 0.25) is 0 Å². The van der Waals surface area contributed by atoms with Gasteiger partial charge >= 0.3 is 0 Å². The van der Waals surface area contributed by atoms with Crippen molar-refractivity contribution in [3.63, 3.8) is 0 Å². The molecule has 0 saturated heterocycles. The molecule has 0 spiro atoms. The van der Waals surface area contributed by atoms with Crippen molar-refractivity contribution in [1.29, 1.82) is 10.5 Å². The molecule has 0 heterocycles. The third-order valence-corrected chi connectivity index (χ3v) is 2.93.